The van der Waals surface area contributed by atoms with Crippen LogP contribution in [0.2, 0.25) is 0 Å². The van der Waals surface area contributed by atoms with Gasteiger partial charge in [-0.25, -0.2) is 0 Å². The highest BCUT2D eigenvalue weighted by molar-refractivity contribution is 7.99. The molecule has 1 aromatic carbocycles. The molecule has 2 amide bonds. The summed E-state index contributed by atoms with van der Waals surface area (Å²) in [6, 6.07) is 10.2. The van der Waals surface area contributed by atoms with Crippen LogP contribution in [-0.2, 0) is 9.59 Å². The molecule has 1 atom stereocenters. The van der Waals surface area contributed by atoms with Crippen molar-refractivity contribution in [1.29, 1.82) is 0 Å². The van der Waals surface area contributed by atoms with E-state index in [1.54, 1.807) is 11.8 Å². The van der Waals surface area contributed by atoms with E-state index in [4.69, 9.17) is 0 Å². The number of hydrogen-bond acceptors (Lipinski definition) is 3. The quantitative estimate of drug-likeness (QED) is 0.766. The number of likely N-dealkylation sites (tertiary alicyclic amines) is 1. The lowest BCUT2D eigenvalue weighted by Gasteiger charge is -2.19. The van der Waals surface area contributed by atoms with Crippen molar-refractivity contribution in [3.05, 3.63) is 35.9 Å². The second-order valence-electron chi connectivity index (χ2n) is 4.32. The number of carbonyl (C=O) groups is 2. The lowest BCUT2D eigenvalue weighted by atomic mass is 10.1. The maximum atomic E-state index is 11.5. The van der Waals surface area contributed by atoms with Crippen LogP contribution >= 0.6 is 11.8 Å². The molecular formula is C14H17NO2S. The predicted octanol–water partition coefficient (Wildman–Crippen LogP) is 2.98. The topological polar surface area (TPSA) is 37.4 Å². The van der Waals surface area contributed by atoms with Gasteiger partial charge in [0.15, 0.2) is 0 Å². The smallest absolute Gasteiger partial charge is 0.230 e. The Morgan fingerprint density at radius 1 is 1.17 bits per heavy atom. The Hall–Kier alpha value is -1.29. The maximum absolute atomic E-state index is 11.5. The summed E-state index contributed by atoms with van der Waals surface area (Å²) in [5, 5.41) is 0.340. The molecule has 0 bridgehead atoms. The van der Waals surface area contributed by atoms with Crippen LogP contribution in [0, 0.1) is 0 Å². The third-order valence-corrected chi connectivity index (χ3v) is 4.52. The minimum atomic E-state index is -0.0320. The van der Waals surface area contributed by atoms with Crippen molar-refractivity contribution in [2.45, 2.75) is 31.4 Å². The van der Waals surface area contributed by atoms with Crippen molar-refractivity contribution in [3.63, 3.8) is 0 Å². The second kappa shape index (κ2) is 6.05. The molecule has 1 fully saturated rings. The van der Waals surface area contributed by atoms with Gasteiger partial charge in [-0.05, 0) is 12.0 Å². The largest absolute Gasteiger partial charge is 0.274 e. The molecule has 1 aliphatic heterocycles. The van der Waals surface area contributed by atoms with Crippen molar-refractivity contribution in [3.8, 4) is 0 Å². The van der Waals surface area contributed by atoms with E-state index in [0.29, 0.717) is 24.0 Å². The fourth-order valence-corrected chi connectivity index (χ4v) is 3.25. The fraction of sp³-hybridized carbons (Fsp3) is 0.429. The van der Waals surface area contributed by atoms with Gasteiger partial charge in [0.05, 0.1) is 5.88 Å². The summed E-state index contributed by atoms with van der Waals surface area (Å²) in [6.07, 6.45) is 1.74. The molecule has 0 saturated carbocycles. The lowest BCUT2D eigenvalue weighted by molar-refractivity contribution is -0.137. The molecule has 0 aliphatic carbocycles. The normalized spacial score (nSPS) is 17.3. The number of amides is 2. The first kappa shape index (κ1) is 13.1. The monoisotopic (exact) mass is 263 g/mol. The van der Waals surface area contributed by atoms with E-state index in [0.717, 1.165) is 6.42 Å². The lowest BCUT2D eigenvalue weighted by Crippen LogP contribution is -2.28. The fourth-order valence-electron chi connectivity index (χ4n) is 2.05. The molecule has 4 heteroatoms. The minimum Gasteiger partial charge on any atom is -0.274 e. The standard InChI is InChI=1S/C14H17NO2S/c1-2-12(11-6-4-3-5-7-11)18-10-15-13(16)8-9-14(15)17/h3-7,12H,2,8-10H2,1H3. The van der Waals surface area contributed by atoms with Gasteiger partial charge < -0.3 is 0 Å². The third-order valence-electron chi connectivity index (χ3n) is 3.10. The summed E-state index contributed by atoms with van der Waals surface area (Å²) in [5.74, 6) is 0.413. The summed E-state index contributed by atoms with van der Waals surface area (Å²) in [5.41, 5.74) is 1.25. The number of rotatable bonds is 5. The highest BCUT2D eigenvalue weighted by atomic mass is 32.2. The van der Waals surface area contributed by atoms with Crippen LogP contribution in [0.4, 0.5) is 0 Å². The van der Waals surface area contributed by atoms with Crippen LogP contribution in [0.25, 0.3) is 0 Å². The van der Waals surface area contributed by atoms with Gasteiger partial charge in [-0.3, -0.25) is 14.5 Å². The van der Waals surface area contributed by atoms with Crippen LogP contribution in [0.15, 0.2) is 30.3 Å². The number of thioether (sulfide) groups is 1. The number of imide groups is 1. The summed E-state index contributed by atoms with van der Waals surface area (Å²) in [4.78, 5) is 24.4. The Morgan fingerprint density at radius 2 is 1.78 bits per heavy atom. The second-order valence-corrected chi connectivity index (χ2v) is 5.48. The van der Waals surface area contributed by atoms with E-state index in [1.165, 1.54) is 10.5 Å². The van der Waals surface area contributed by atoms with Gasteiger partial charge in [-0.2, -0.15) is 0 Å². The maximum Gasteiger partial charge on any atom is 0.230 e. The average molecular weight is 263 g/mol. The Kier molecular flexibility index (Phi) is 4.42. The first-order valence-electron chi connectivity index (χ1n) is 6.22. The summed E-state index contributed by atoms with van der Waals surface area (Å²) < 4.78 is 0. The van der Waals surface area contributed by atoms with Gasteiger partial charge in [0, 0.05) is 18.1 Å². The molecular weight excluding hydrogens is 246 g/mol. The first-order valence-corrected chi connectivity index (χ1v) is 7.27. The van der Waals surface area contributed by atoms with Crippen molar-refractivity contribution in [2.24, 2.45) is 0 Å². The molecule has 96 valence electrons. The van der Waals surface area contributed by atoms with Crippen LogP contribution in [-0.4, -0.2) is 22.6 Å². The molecule has 0 aromatic heterocycles. The molecule has 1 aliphatic rings. The van der Waals surface area contributed by atoms with Gasteiger partial charge in [0.2, 0.25) is 11.8 Å². The zero-order chi connectivity index (χ0) is 13.0. The summed E-state index contributed by atoms with van der Waals surface area (Å²) >= 11 is 1.66. The van der Waals surface area contributed by atoms with Gasteiger partial charge >= 0.3 is 0 Å². The minimum absolute atomic E-state index is 0.0320. The van der Waals surface area contributed by atoms with E-state index >= 15 is 0 Å². The number of carbonyl (C=O) groups excluding carboxylic acids is 2. The summed E-state index contributed by atoms with van der Waals surface area (Å²) in [6.45, 7) is 2.12. The highest BCUT2D eigenvalue weighted by Crippen LogP contribution is 2.33. The SMILES string of the molecule is CCC(SCN1C(=O)CCC1=O)c1ccccc1. The van der Waals surface area contributed by atoms with Crippen LogP contribution < -0.4 is 0 Å². The molecule has 18 heavy (non-hydrogen) atoms. The van der Waals surface area contributed by atoms with E-state index < -0.39 is 0 Å². The predicted molar refractivity (Wildman–Crippen MR) is 73.0 cm³/mol. The van der Waals surface area contributed by atoms with E-state index in [9.17, 15) is 9.59 Å². The van der Waals surface area contributed by atoms with E-state index in [2.05, 4.69) is 19.1 Å². The highest BCUT2D eigenvalue weighted by Gasteiger charge is 2.29. The van der Waals surface area contributed by atoms with Crippen LogP contribution in [0.3, 0.4) is 0 Å². The molecule has 1 aromatic rings. The number of benzene rings is 1. The van der Waals surface area contributed by atoms with Gasteiger partial charge in [-0.1, -0.05) is 37.3 Å². The van der Waals surface area contributed by atoms with Crippen molar-refractivity contribution >= 4 is 23.6 Å². The average Bonchev–Trinajstić information content (AvgIpc) is 2.72. The van der Waals surface area contributed by atoms with Gasteiger partial charge in [0.25, 0.3) is 0 Å². The Morgan fingerprint density at radius 3 is 2.33 bits per heavy atom. The molecule has 1 saturated heterocycles. The zero-order valence-corrected chi connectivity index (χ0v) is 11.3. The molecule has 0 N–H and O–H groups in total. The van der Waals surface area contributed by atoms with Gasteiger partial charge in [-0.15, -0.1) is 11.8 Å². The Bertz CT molecular complexity index is 417. The van der Waals surface area contributed by atoms with Crippen LogP contribution in [0.1, 0.15) is 37.0 Å². The van der Waals surface area contributed by atoms with Crippen molar-refractivity contribution in [2.75, 3.05) is 5.88 Å². The number of nitrogens with zero attached hydrogens (tertiary/aromatic N) is 1. The molecule has 1 unspecified atom stereocenters. The Balaban J connectivity index is 1.96. The Labute approximate surface area is 112 Å². The molecule has 2 rings (SSSR count). The number of hydrogen-bond donors (Lipinski definition) is 0. The van der Waals surface area contributed by atoms with Crippen molar-refractivity contribution < 1.29 is 9.59 Å². The molecule has 1 heterocycles. The summed E-state index contributed by atoms with van der Waals surface area (Å²) in [7, 11) is 0. The zero-order valence-electron chi connectivity index (χ0n) is 10.5. The van der Waals surface area contributed by atoms with Gasteiger partial charge in [0.1, 0.15) is 0 Å². The van der Waals surface area contributed by atoms with E-state index in [-0.39, 0.29) is 11.8 Å². The van der Waals surface area contributed by atoms with Crippen LogP contribution in [0.5, 0.6) is 0 Å². The first-order chi connectivity index (χ1) is 8.72. The molecule has 0 spiro atoms. The van der Waals surface area contributed by atoms with E-state index in [1.807, 2.05) is 18.2 Å². The molecule has 0 radical (unpaired) electrons. The third kappa shape index (κ3) is 2.93. The molecule has 3 nitrogen and oxygen atoms in total. The van der Waals surface area contributed by atoms with Crippen molar-refractivity contribution in [1.82, 2.24) is 4.90 Å².